The molecule has 1 fully saturated rings. The lowest BCUT2D eigenvalue weighted by atomic mass is 10.1. The van der Waals surface area contributed by atoms with E-state index in [-0.39, 0.29) is 11.4 Å². The monoisotopic (exact) mass is 407 g/mol. The van der Waals surface area contributed by atoms with Crippen LogP contribution in [0.1, 0.15) is 41.7 Å². The van der Waals surface area contributed by atoms with E-state index in [0.717, 1.165) is 12.8 Å². The molecule has 8 heteroatoms. The van der Waals surface area contributed by atoms with Crippen LogP contribution in [0, 0.1) is 11.8 Å². The van der Waals surface area contributed by atoms with Crippen LogP contribution in [0.2, 0.25) is 0 Å². The van der Waals surface area contributed by atoms with Crippen LogP contribution in [-0.2, 0) is 6.42 Å². The van der Waals surface area contributed by atoms with Gasteiger partial charge in [-0.05, 0) is 36.8 Å². The maximum Gasteiger partial charge on any atom is 0.208 e. The molecule has 0 amide bonds. The van der Waals surface area contributed by atoms with Crippen LogP contribution >= 0.6 is 11.8 Å². The minimum Gasteiger partial charge on any atom is -0.389 e. The molecule has 5 rings (SSSR count). The molecule has 4 atom stereocenters. The third-order valence-electron chi connectivity index (χ3n) is 5.50. The Bertz CT molecular complexity index is 1140. The number of thioether (sulfide) groups is 1. The average molecular weight is 407 g/mol. The van der Waals surface area contributed by atoms with E-state index in [1.807, 2.05) is 4.57 Å². The summed E-state index contributed by atoms with van der Waals surface area (Å²) in [6.45, 7) is 1.75. The van der Waals surface area contributed by atoms with Gasteiger partial charge in [0.25, 0.3) is 0 Å². The fourth-order valence-electron chi connectivity index (χ4n) is 4.07. The number of rotatable bonds is 3. The molecule has 1 aromatic carbocycles. The fourth-order valence-corrected chi connectivity index (χ4v) is 5.36. The van der Waals surface area contributed by atoms with E-state index in [2.05, 4.69) is 56.4 Å². The molecule has 0 radical (unpaired) electrons. The van der Waals surface area contributed by atoms with E-state index in [0.29, 0.717) is 28.6 Å². The highest BCUT2D eigenvalue weighted by Crippen LogP contribution is 2.39. The van der Waals surface area contributed by atoms with Crippen LogP contribution < -0.4 is 5.32 Å². The molecule has 0 saturated carbocycles. The Balaban J connectivity index is 1.57. The van der Waals surface area contributed by atoms with Crippen LogP contribution in [0.4, 0.5) is 5.82 Å². The number of aliphatic hydroxyl groups is 2. The second-order valence-electron chi connectivity index (χ2n) is 7.31. The summed E-state index contributed by atoms with van der Waals surface area (Å²) in [5, 5.41) is 23.5. The Kier molecular flexibility index (Phi) is 4.66. The normalized spacial score (nSPS) is 25.6. The maximum atomic E-state index is 10.4. The van der Waals surface area contributed by atoms with Gasteiger partial charge in [0.15, 0.2) is 17.0 Å². The molecule has 3 N–H and O–H groups in total. The molecular weight excluding hydrogens is 386 g/mol. The standard InChI is InChI=1S/C21H21N5O2S/c1-2-5-16-24-19(23-14-9-8-12-6-3-4-7-13(12)14)17-20(25-16)26(11-22-17)21-18(28)15(27)10-29-21/h3-4,6-7,11,14-15,18,21,27-28H,8-10H2,1H3,(H,23,24,25)/t14-,15+,18+,21+/m0/s1. The van der Waals surface area contributed by atoms with E-state index in [1.165, 1.54) is 22.9 Å². The summed E-state index contributed by atoms with van der Waals surface area (Å²) in [4.78, 5) is 13.7. The molecule has 148 valence electrons. The Morgan fingerprint density at radius 2 is 2.10 bits per heavy atom. The van der Waals surface area contributed by atoms with E-state index in [1.54, 1.807) is 13.3 Å². The Hall–Kier alpha value is -2.60. The van der Waals surface area contributed by atoms with Crippen molar-refractivity contribution in [3.63, 3.8) is 0 Å². The number of fused-ring (bicyclic) bond motifs is 2. The number of aryl methyl sites for hydroxylation is 1. The molecule has 3 heterocycles. The number of aliphatic hydroxyl groups excluding tert-OH is 2. The maximum absolute atomic E-state index is 10.4. The van der Waals surface area contributed by atoms with Gasteiger partial charge in [0, 0.05) is 5.75 Å². The summed E-state index contributed by atoms with van der Waals surface area (Å²) < 4.78 is 1.82. The minimum absolute atomic E-state index is 0.158. The van der Waals surface area contributed by atoms with Crippen molar-refractivity contribution in [2.45, 2.75) is 43.4 Å². The zero-order valence-corrected chi connectivity index (χ0v) is 16.7. The lowest BCUT2D eigenvalue weighted by molar-refractivity contribution is 0.0313. The molecule has 29 heavy (non-hydrogen) atoms. The summed E-state index contributed by atoms with van der Waals surface area (Å²) in [7, 11) is 0. The number of benzene rings is 1. The molecule has 0 spiro atoms. The van der Waals surface area contributed by atoms with Gasteiger partial charge in [0.1, 0.15) is 11.5 Å². The zero-order chi connectivity index (χ0) is 20.0. The average Bonchev–Trinajstić information content (AvgIpc) is 3.41. The summed E-state index contributed by atoms with van der Waals surface area (Å²) in [6, 6.07) is 8.60. The van der Waals surface area contributed by atoms with Gasteiger partial charge in [0.2, 0.25) is 5.82 Å². The van der Waals surface area contributed by atoms with E-state index in [9.17, 15) is 10.2 Å². The third-order valence-corrected chi connectivity index (χ3v) is 6.88. The number of anilines is 1. The van der Waals surface area contributed by atoms with Crippen molar-refractivity contribution in [3.05, 3.63) is 47.5 Å². The van der Waals surface area contributed by atoms with Gasteiger partial charge in [-0.15, -0.1) is 11.8 Å². The first-order chi connectivity index (χ1) is 14.2. The van der Waals surface area contributed by atoms with Crippen molar-refractivity contribution in [1.29, 1.82) is 0 Å². The van der Waals surface area contributed by atoms with Crippen LogP contribution in [0.3, 0.4) is 0 Å². The van der Waals surface area contributed by atoms with Gasteiger partial charge in [-0.25, -0.2) is 15.0 Å². The molecular formula is C21H21N5O2S. The predicted octanol–water partition coefficient (Wildman–Crippen LogP) is 2.26. The minimum atomic E-state index is -0.869. The summed E-state index contributed by atoms with van der Waals surface area (Å²) >= 11 is 1.49. The molecule has 1 saturated heterocycles. The number of nitrogens with zero attached hydrogens (tertiary/aromatic N) is 4. The van der Waals surface area contributed by atoms with Crippen LogP contribution in [0.15, 0.2) is 30.6 Å². The highest BCUT2D eigenvalue weighted by Gasteiger charge is 2.36. The van der Waals surface area contributed by atoms with Gasteiger partial charge < -0.3 is 15.5 Å². The highest BCUT2D eigenvalue weighted by atomic mass is 32.2. The molecule has 0 unspecified atom stereocenters. The number of nitrogens with one attached hydrogen (secondary N) is 1. The van der Waals surface area contributed by atoms with Crippen LogP contribution in [0.5, 0.6) is 0 Å². The lowest BCUT2D eigenvalue weighted by Gasteiger charge is -2.18. The van der Waals surface area contributed by atoms with Crippen molar-refractivity contribution in [2.75, 3.05) is 11.1 Å². The van der Waals surface area contributed by atoms with Crippen molar-refractivity contribution >= 4 is 28.7 Å². The first-order valence-corrected chi connectivity index (χ1v) is 10.7. The SMILES string of the molecule is CC#Cc1nc(N[C@H]2CCc3ccccc32)c2ncn([C@@H]3SC[C@@H](O)[C@H]3O)c2n1. The van der Waals surface area contributed by atoms with Crippen molar-refractivity contribution in [2.24, 2.45) is 0 Å². The smallest absolute Gasteiger partial charge is 0.208 e. The number of imidazole rings is 1. The second-order valence-corrected chi connectivity index (χ2v) is 8.46. The molecule has 3 aromatic rings. The first kappa shape index (κ1) is 18.4. The van der Waals surface area contributed by atoms with E-state index >= 15 is 0 Å². The molecule has 1 aliphatic carbocycles. The van der Waals surface area contributed by atoms with Crippen LogP contribution in [-0.4, -0.2) is 47.7 Å². The number of aromatic nitrogens is 4. The highest BCUT2D eigenvalue weighted by molar-refractivity contribution is 7.99. The van der Waals surface area contributed by atoms with E-state index < -0.39 is 12.2 Å². The van der Waals surface area contributed by atoms with Crippen molar-refractivity contribution < 1.29 is 10.2 Å². The van der Waals surface area contributed by atoms with Gasteiger partial charge >= 0.3 is 0 Å². The molecule has 1 aliphatic heterocycles. The molecule has 2 aliphatic rings. The molecule has 7 nitrogen and oxygen atoms in total. The number of hydrogen-bond acceptors (Lipinski definition) is 7. The fraction of sp³-hybridized carbons (Fsp3) is 0.381. The van der Waals surface area contributed by atoms with Crippen molar-refractivity contribution in [3.8, 4) is 11.8 Å². The second kappa shape index (κ2) is 7.34. The first-order valence-electron chi connectivity index (χ1n) is 9.65. The number of hydrogen-bond donors (Lipinski definition) is 3. The van der Waals surface area contributed by atoms with Gasteiger partial charge in [-0.2, -0.15) is 0 Å². The molecule has 0 bridgehead atoms. The largest absolute Gasteiger partial charge is 0.389 e. The summed E-state index contributed by atoms with van der Waals surface area (Å²) in [5.74, 6) is 7.32. The van der Waals surface area contributed by atoms with Gasteiger partial charge in [-0.3, -0.25) is 4.57 Å². The topological polar surface area (TPSA) is 96.1 Å². The lowest BCUT2D eigenvalue weighted by Crippen LogP contribution is -2.27. The Morgan fingerprint density at radius 1 is 1.24 bits per heavy atom. The van der Waals surface area contributed by atoms with Crippen molar-refractivity contribution in [1.82, 2.24) is 19.5 Å². The third kappa shape index (κ3) is 3.15. The van der Waals surface area contributed by atoms with Gasteiger partial charge in [0.05, 0.1) is 18.5 Å². The Labute approximate surface area is 172 Å². The summed E-state index contributed by atoms with van der Waals surface area (Å²) in [6.07, 6.45) is 2.05. The molecule has 2 aromatic heterocycles. The predicted molar refractivity (Wildman–Crippen MR) is 113 cm³/mol. The Morgan fingerprint density at radius 3 is 2.90 bits per heavy atom. The van der Waals surface area contributed by atoms with Crippen LogP contribution in [0.25, 0.3) is 11.2 Å². The van der Waals surface area contributed by atoms with E-state index in [4.69, 9.17) is 0 Å². The summed E-state index contributed by atoms with van der Waals surface area (Å²) in [5.41, 5.74) is 3.89. The van der Waals surface area contributed by atoms with Gasteiger partial charge in [-0.1, -0.05) is 30.2 Å². The zero-order valence-electron chi connectivity index (χ0n) is 15.9. The quantitative estimate of drug-likeness (QED) is 0.573.